The molecule has 12 heteroatoms. The molecule has 3 N–H and O–H groups in total. The van der Waals surface area contributed by atoms with Crippen molar-refractivity contribution in [2.45, 2.75) is 104 Å². The van der Waals surface area contributed by atoms with Gasteiger partial charge in [-0.2, -0.15) is 4.99 Å². The molecule has 4 rings (SSSR count). The molecule has 0 fully saturated rings. The highest BCUT2D eigenvalue weighted by atomic mass is 16.5. The predicted molar refractivity (Wildman–Crippen MR) is 215 cm³/mol. The Hall–Kier alpha value is -5.26. The SMILES string of the molecule is CCCCCCCCCCCCCCOC(=O)/N=C(\N)c1ccc(NCc2nc3cc(C(=O)N(CCC(=O)OCC)c4ccccn4)ccc3n2C)cc1. The summed E-state index contributed by atoms with van der Waals surface area (Å²) < 4.78 is 12.3. The van der Waals surface area contributed by atoms with Crippen LogP contribution in [0.1, 0.15) is 119 Å². The summed E-state index contributed by atoms with van der Waals surface area (Å²) in [6.07, 6.45) is 15.9. The Labute approximate surface area is 319 Å². The number of hydrogen-bond donors (Lipinski definition) is 2. The number of unbranched alkanes of at least 4 members (excludes halogenated alkanes) is 11. The number of nitrogens with one attached hydrogen (secondary N) is 1. The molecule has 0 aliphatic heterocycles. The van der Waals surface area contributed by atoms with Crippen molar-refractivity contribution >= 4 is 46.3 Å². The molecule has 12 nitrogen and oxygen atoms in total. The van der Waals surface area contributed by atoms with Crippen molar-refractivity contribution in [2.75, 3.05) is 30.0 Å². The molecule has 0 saturated heterocycles. The number of imidazole rings is 1. The van der Waals surface area contributed by atoms with Crippen LogP contribution in [0.2, 0.25) is 0 Å². The molecule has 0 aliphatic rings. The van der Waals surface area contributed by atoms with Gasteiger partial charge in [0.1, 0.15) is 17.5 Å². The van der Waals surface area contributed by atoms with Crippen LogP contribution in [-0.2, 0) is 27.9 Å². The van der Waals surface area contributed by atoms with E-state index in [0.717, 1.165) is 36.3 Å². The Morgan fingerprint density at radius 3 is 2.15 bits per heavy atom. The average Bonchev–Trinajstić information content (AvgIpc) is 3.50. The highest BCUT2D eigenvalue weighted by Gasteiger charge is 2.21. The monoisotopic (exact) mass is 739 g/mol. The maximum atomic E-state index is 13.7. The number of aryl methyl sites for hydroxylation is 1. The van der Waals surface area contributed by atoms with Crippen molar-refractivity contribution < 1.29 is 23.9 Å². The van der Waals surface area contributed by atoms with Gasteiger partial charge in [-0.05, 0) is 67.9 Å². The number of nitrogens with two attached hydrogens (primary N) is 1. The first kappa shape index (κ1) is 41.5. The molecule has 2 aromatic heterocycles. The molecule has 0 unspecified atom stereocenters. The van der Waals surface area contributed by atoms with Gasteiger partial charge in [0.25, 0.3) is 5.91 Å². The maximum Gasteiger partial charge on any atom is 0.435 e. The van der Waals surface area contributed by atoms with E-state index in [2.05, 4.69) is 22.2 Å². The standard InChI is InChI=1S/C42H57N7O5/c1-4-6-7-8-9-10-11-12-13-14-15-18-29-54-42(52)47-40(43)32-20-23-34(24-21-32)45-31-38-46-35-30-33(22-25-36(35)48(38)3)41(51)49(28-26-39(50)53-5-2)37-19-16-17-27-44-37/h16-17,19-25,27,30,45H,4-15,18,26,28-29,31H2,1-3H3,(H2,43,47,52). The lowest BCUT2D eigenvalue weighted by Gasteiger charge is -2.21. The number of ether oxygens (including phenoxy) is 2. The fourth-order valence-corrected chi connectivity index (χ4v) is 6.20. The van der Waals surface area contributed by atoms with Crippen LogP contribution < -0.4 is 16.0 Å². The molecule has 0 atom stereocenters. The molecule has 0 aliphatic carbocycles. The van der Waals surface area contributed by atoms with E-state index in [9.17, 15) is 14.4 Å². The van der Waals surface area contributed by atoms with Crippen LogP contribution in [0.5, 0.6) is 0 Å². The first-order chi connectivity index (χ1) is 26.3. The number of anilines is 2. The number of pyridine rings is 1. The van der Waals surface area contributed by atoms with Gasteiger partial charge in [-0.3, -0.25) is 14.5 Å². The zero-order chi connectivity index (χ0) is 38.5. The van der Waals surface area contributed by atoms with Gasteiger partial charge in [-0.1, -0.05) is 83.6 Å². The van der Waals surface area contributed by atoms with Crippen LogP contribution in [0.3, 0.4) is 0 Å². The van der Waals surface area contributed by atoms with Crippen LogP contribution in [0, 0.1) is 0 Å². The van der Waals surface area contributed by atoms with Crippen molar-refractivity contribution in [3.05, 3.63) is 83.8 Å². The van der Waals surface area contributed by atoms with Gasteiger partial charge in [-0.25, -0.2) is 14.8 Å². The third-order valence-corrected chi connectivity index (χ3v) is 9.30. The fraction of sp³-hybridized carbons (Fsp3) is 0.476. The molecule has 290 valence electrons. The average molecular weight is 740 g/mol. The number of aromatic nitrogens is 3. The molecule has 0 radical (unpaired) electrons. The Bertz CT molecular complexity index is 1790. The van der Waals surface area contributed by atoms with Gasteiger partial charge in [0.2, 0.25) is 0 Å². The van der Waals surface area contributed by atoms with Gasteiger partial charge in [0.15, 0.2) is 0 Å². The molecule has 0 saturated carbocycles. The van der Waals surface area contributed by atoms with E-state index >= 15 is 0 Å². The highest BCUT2D eigenvalue weighted by Crippen LogP contribution is 2.22. The number of amidine groups is 1. The Morgan fingerprint density at radius 2 is 1.50 bits per heavy atom. The second-order valence-electron chi connectivity index (χ2n) is 13.4. The van der Waals surface area contributed by atoms with Crippen LogP contribution in [0.4, 0.5) is 16.3 Å². The van der Waals surface area contributed by atoms with Crippen molar-refractivity contribution in [2.24, 2.45) is 17.8 Å². The van der Waals surface area contributed by atoms with E-state index in [0.29, 0.717) is 35.6 Å². The first-order valence-electron chi connectivity index (χ1n) is 19.5. The summed E-state index contributed by atoms with van der Waals surface area (Å²) in [4.78, 5) is 52.5. The quantitative estimate of drug-likeness (QED) is 0.0329. The summed E-state index contributed by atoms with van der Waals surface area (Å²) in [5.74, 6) is 0.640. The number of fused-ring (bicyclic) bond motifs is 1. The predicted octanol–water partition coefficient (Wildman–Crippen LogP) is 8.72. The second kappa shape index (κ2) is 22.7. The summed E-state index contributed by atoms with van der Waals surface area (Å²) in [6, 6.07) is 18.0. The van der Waals surface area contributed by atoms with Crippen molar-refractivity contribution in [1.82, 2.24) is 14.5 Å². The first-order valence-corrected chi connectivity index (χ1v) is 19.5. The van der Waals surface area contributed by atoms with E-state index in [4.69, 9.17) is 20.2 Å². The largest absolute Gasteiger partial charge is 0.466 e. The number of nitrogens with zero attached hydrogens (tertiary/aromatic N) is 5. The lowest BCUT2D eigenvalue weighted by atomic mass is 10.1. The minimum Gasteiger partial charge on any atom is -0.466 e. The van der Waals surface area contributed by atoms with E-state index in [1.807, 2.05) is 29.8 Å². The maximum absolute atomic E-state index is 13.7. The van der Waals surface area contributed by atoms with E-state index in [1.54, 1.807) is 55.6 Å². The van der Waals surface area contributed by atoms with Crippen molar-refractivity contribution in [3.63, 3.8) is 0 Å². The smallest absolute Gasteiger partial charge is 0.435 e. The Morgan fingerprint density at radius 1 is 0.833 bits per heavy atom. The third kappa shape index (κ3) is 13.3. The zero-order valence-corrected chi connectivity index (χ0v) is 32.2. The molecule has 0 spiro atoms. The molecule has 0 bridgehead atoms. The third-order valence-electron chi connectivity index (χ3n) is 9.30. The lowest BCUT2D eigenvalue weighted by Crippen LogP contribution is -2.34. The molecule has 2 heterocycles. The second-order valence-corrected chi connectivity index (χ2v) is 13.4. The van der Waals surface area contributed by atoms with Crippen LogP contribution in [0.15, 0.2) is 71.9 Å². The molecule has 2 aromatic carbocycles. The lowest BCUT2D eigenvalue weighted by molar-refractivity contribution is -0.142. The number of hydrogen-bond acceptors (Lipinski definition) is 8. The summed E-state index contributed by atoms with van der Waals surface area (Å²) >= 11 is 0. The van der Waals surface area contributed by atoms with Gasteiger partial charge in [-0.15, -0.1) is 0 Å². The molecule has 2 amide bonds. The number of amides is 2. The minimum atomic E-state index is -0.675. The van der Waals surface area contributed by atoms with Gasteiger partial charge in [0, 0.05) is 36.6 Å². The number of benzene rings is 2. The minimum absolute atomic E-state index is 0.0459. The highest BCUT2D eigenvalue weighted by molar-refractivity contribution is 6.07. The van der Waals surface area contributed by atoms with E-state index in [-0.39, 0.29) is 37.3 Å². The van der Waals surface area contributed by atoms with Gasteiger partial charge < -0.3 is 25.1 Å². The van der Waals surface area contributed by atoms with Gasteiger partial charge in [0.05, 0.1) is 37.2 Å². The molecular weight excluding hydrogens is 683 g/mol. The van der Waals surface area contributed by atoms with E-state index in [1.165, 1.54) is 62.7 Å². The number of carbonyl (C=O) groups excluding carboxylic acids is 3. The summed E-state index contributed by atoms with van der Waals surface area (Å²) in [7, 11) is 1.92. The molecular formula is C42H57N7O5. The van der Waals surface area contributed by atoms with E-state index < -0.39 is 6.09 Å². The summed E-state index contributed by atoms with van der Waals surface area (Å²) in [5, 5.41) is 3.37. The van der Waals surface area contributed by atoms with Crippen molar-refractivity contribution in [1.29, 1.82) is 0 Å². The normalized spacial score (nSPS) is 11.4. The van der Waals surface area contributed by atoms with Gasteiger partial charge >= 0.3 is 12.1 Å². The fourth-order valence-electron chi connectivity index (χ4n) is 6.20. The molecule has 4 aromatic rings. The Balaban J connectivity index is 1.23. The summed E-state index contributed by atoms with van der Waals surface area (Å²) in [5.41, 5.74) is 9.51. The summed E-state index contributed by atoms with van der Waals surface area (Å²) in [6.45, 7) is 5.16. The topological polar surface area (TPSA) is 154 Å². The zero-order valence-electron chi connectivity index (χ0n) is 32.2. The van der Waals surface area contributed by atoms with Crippen LogP contribution >= 0.6 is 0 Å². The van der Waals surface area contributed by atoms with Crippen LogP contribution in [0.25, 0.3) is 11.0 Å². The number of rotatable bonds is 23. The number of esters is 1. The Kier molecular flexibility index (Phi) is 17.5. The van der Waals surface area contributed by atoms with Crippen LogP contribution in [-0.4, -0.2) is 58.1 Å². The van der Waals surface area contributed by atoms with Crippen molar-refractivity contribution in [3.8, 4) is 0 Å². The molecule has 54 heavy (non-hydrogen) atoms. The number of carbonyl (C=O) groups is 3. The number of aliphatic imine (C=N–C) groups is 1.